The molecule has 1 saturated heterocycles. The quantitative estimate of drug-likeness (QED) is 0.715. The third-order valence-electron chi connectivity index (χ3n) is 4.94. The third-order valence-corrected chi connectivity index (χ3v) is 4.94. The SMILES string of the molecule is C/C=C\C=C1/NN=C(c2ccc(F)cc2)C(/C=C/C2CC(O)CC(=O)O2)=C1C(C)C. The van der Waals surface area contributed by atoms with E-state index in [0.29, 0.717) is 12.1 Å². The Morgan fingerprint density at radius 3 is 2.67 bits per heavy atom. The van der Waals surface area contributed by atoms with E-state index in [0.717, 1.165) is 22.4 Å². The fourth-order valence-electron chi connectivity index (χ4n) is 3.58. The second-order valence-corrected chi connectivity index (χ2v) is 7.65. The summed E-state index contributed by atoms with van der Waals surface area (Å²) in [4.78, 5) is 11.7. The minimum atomic E-state index is -0.706. The number of hydrazone groups is 1. The van der Waals surface area contributed by atoms with Crippen LogP contribution < -0.4 is 5.43 Å². The molecule has 2 atom stereocenters. The number of halogens is 1. The van der Waals surface area contributed by atoms with Gasteiger partial charge in [-0.25, -0.2) is 4.39 Å². The van der Waals surface area contributed by atoms with E-state index in [1.54, 1.807) is 18.2 Å². The average Bonchev–Trinajstić information content (AvgIpc) is 2.70. The molecule has 1 fully saturated rings. The van der Waals surface area contributed by atoms with Crippen LogP contribution in [-0.2, 0) is 9.53 Å². The number of nitrogens with one attached hydrogen (secondary N) is 1. The zero-order valence-electron chi connectivity index (χ0n) is 17.4. The summed E-state index contributed by atoms with van der Waals surface area (Å²) in [5.74, 6) is -0.558. The van der Waals surface area contributed by atoms with Gasteiger partial charge in [-0.3, -0.25) is 10.2 Å². The van der Waals surface area contributed by atoms with Gasteiger partial charge in [0.05, 0.1) is 23.9 Å². The normalized spacial score (nSPS) is 24.0. The van der Waals surface area contributed by atoms with Gasteiger partial charge in [0.1, 0.15) is 11.9 Å². The highest BCUT2D eigenvalue weighted by molar-refractivity contribution is 6.15. The summed E-state index contributed by atoms with van der Waals surface area (Å²) in [7, 11) is 0. The summed E-state index contributed by atoms with van der Waals surface area (Å²) in [6.45, 7) is 6.12. The fraction of sp³-hybridized carbons (Fsp3) is 0.333. The first-order valence-electron chi connectivity index (χ1n) is 10.1. The largest absolute Gasteiger partial charge is 0.458 e. The predicted octanol–water partition coefficient (Wildman–Crippen LogP) is 4.17. The maximum absolute atomic E-state index is 13.5. The van der Waals surface area contributed by atoms with Crippen LogP contribution in [0.15, 0.2) is 76.6 Å². The number of benzene rings is 1. The molecule has 0 aliphatic carbocycles. The molecular weight excluding hydrogens is 383 g/mol. The van der Waals surface area contributed by atoms with Crippen molar-refractivity contribution in [1.82, 2.24) is 5.43 Å². The third kappa shape index (κ3) is 5.13. The van der Waals surface area contributed by atoms with E-state index in [1.807, 2.05) is 31.2 Å². The molecule has 3 rings (SSSR count). The molecular formula is C24H27FN2O3. The van der Waals surface area contributed by atoms with Crippen LogP contribution in [0.1, 0.15) is 39.2 Å². The Hall–Kier alpha value is -2.99. The summed E-state index contributed by atoms with van der Waals surface area (Å²) >= 11 is 0. The van der Waals surface area contributed by atoms with Crippen LogP contribution in [0.2, 0.25) is 0 Å². The lowest BCUT2D eigenvalue weighted by Gasteiger charge is -2.26. The first kappa shape index (κ1) is 21.7. The number of aliphatic hydroxyl groups excluding tert-OH is 1. The van der Waals surface area contributed by atoms with E-state index in [4.69, 9.17) is 4.74 Å². The Morgan fingerprint density at radius 1 is 1.30 bits per heavy atom. The molecule has 30 heavy (non-hydrogen) atoms. The van der Waals surface area contributed by atoms with Crippen molar-refractivity contribution < 1.29 is 19.0 Å². The van der Waals surface area contributed by atoms with E-state index in [2.05, 4.69) is 24.4 Å². The number of nitrogens with zero attached hydrogens (tertiary/aromatic N) is 1. The minimum Gasteiger partial charge on any atom is -0.458 e. The van der Waals surface area contributed by atoms with Crippen LogP contribution in [0.3, 0.4) is 0 Å². The van der Waals surface area contributed by atoms with Crippen molar-refractivity contribution in [1.29, 1.82) is 0 Å². The molecule has 1 aromatic rings. The molecule has 2 unspecified atom stereocenters. The Morgan fingerprint density at radius 2 is 2.03 bits per heavy atom. The number of allylic oxidation sites excluding steroid dienone is 6. The number of esters is 1. The van der Waals surface area contributed by atoms with Gasteiger partial charge in [-0.1, -0.05) is 32.1 Å². The zero-order chi connectivity index (χ0) is 21.7. The van der Waals surface area contributed by atoms with Crippen molar-refractivity contribution in [3.8, 4) is 0 Å². The predicted molar refractivity (Wildman–Crippen MR) is 115 cm³/mol. The van der Waals surface area contributed by atoms with E-state index < -0.39 is 18.2 Å². The number of aliphatic hydroxyl groups is 1. The number of carbonyl (C=O) groups excluding carboxylic acids is 1. The Bertz CT molecular complexity index is 940. The van der Waals surface area contributed by atoms with E-state index in [1.165, 1.54) is 12.1 Å². The minimum absolute atomic E-state index is 0.0206. The number of hydrogen-bond acceptors (Lipinski definition) is 5. The first-order chi connectivity index (χ1) is 14.4. The summed E-state index contributed by atoms with van der Waals surface area (Å²) in [6, 6.07) is 6.18. The van der Waals surface area contributed by atoms with E-state index >= 15 is 0 Å². The molecule has 0 amide bonds. The summed E-state index contributed by atoms with van der Waals surface area (Å²) < 4.78 is 18.8. The molecule has 5 nitrogen and oxygen atoms in total. The maximum atomic E-state index is 13.5. The van der Waals surface area contributed by atoms with Gasteiger partial charge in [0.15, 0.2) is 0 Å². The van der Waals surface area contributed by atoms with Crippen molar-refractivity contribution >= 4 is 11.7 Å². The van der Waals surface area contributed by atoms with Crippen LogP contribution in [0, 0.1) is 11.7 Å². The van der Waals surface area contributed by atoms with Gasteiger partial charge in [0, 0.05) is 17.6 Å². The van der Waals surface area contributed by atoms with Gasteiger partial charge in [-0.05, 0) is 54.8 Å². The lowest BCUT2D eigenvalue weighted by atomic mass is 9.87. The highest BCUT2D eigenvalue weighted by Gasteiger charge is 2.27. The number of rotatable bonds is 5. The Balaban J connectivity index is 2.06. The number of carbonyl (C=O) groups is 1. The second-order valence-electron chi connectivity index (χ2n) is 7.65. The van der Waals surface area contributed by atoms with Crippen molar-refractivity contribution in [3.05, 3.63) is 82.9 Å². The zero-order valence-corrected chi connectivity index (χ0v) is 17.4. The van der Waals surface area contributed by atoms with Crippen LogP contribution in [0.4, 0.5) is 4.39 Å². The van der Waals surface area contributed by atoms with Crippen molar-refractivity contribution in [2.24, 2.45) is 11.0 Å². The first-order valence-corrected chi connectivity index (χ1v) is 10.1. The molecule has 0 bridgehead atoms. The Kier molecular flexibility index (Phi) is 7.00. The Labute approximate surface area is 176 Å². The van der Waals surface area contributed by atoms with Crippen molar-refractivity contribution in [2.45, 2.75) is 45.8 Å². The second kappa shape index (κ2) is 9.67. The topological polar surface area (TPSA) is 70.9 Å². The summed E-state index contributed by atoms with van der Waals surface area (Å²) in [5.41, 5.74) is 7.34. The fourth-order valence-corrected chi connectivity index (χ4v) is 3.58. The molecule has 0 radical (unpaired) electrons. The molecule has 2 aliphatic rings. The molecule has 0 spiro atoms. The summed E-state index contributed by atoms with van der Waals surface area (Å²) in [6.07, 6.45) is 8.67. The summed E-state index contributed by atoms with van der Waals surface area (Å²) in [5, 5.41) is 14.4. The number of hydrogen-bond donors (Lipinski definition) is 2. The molecule has 2 aliphatic heterocycles. The van der Waals surface area contributed by atoms with Gasteiger partial charge in [0.25, 0.3) is 0 Å². The molecule has 2 heterocycles. The highest BCUT2D eigenvalue weighted by atomic mass is 19.1. The monoisotopic (exact) mass is 410 g/mol. The van der Waals surface area contributed by atoms with Gasteiger partial charge in [-0.15, -0.1) is 0 Å². The molecule has 158 valence electrons. The van der Waals surface area contributed by atoms with Gasteiger partial charge < -0.3 is 9.84 Å². The molecule has 2 N–H and O–H groups in total. The van der Waals surface area contributed by atoms with E-state index in [-0.39, 0.29) is 18.2 Å². The van der Waals surface area contributed by atoms with Gasteiger partial charge >= 0.3 is 5.97 Å². The van der Waals surface area contributed by atoms with Crippen molar-refractivity contribution in [2.75, 3.05) is 0 Å². The molecule has 0 saturated carbocycles. The number of cyclic esters (lactones) is 1. The molecule has 0 aromatic heterocycles. The standard InChI is InChI=1S/C24H27FN2O3/c1-4-5-6-21-23(15(2)3)20(12-11-19-13-18(28)14-22(29)30-19)24(27-26-21)16-7-9-17(25)10-8-16/h4-12,15,18-19,26,28H,13-14H2,1-3H3/b5-4-,12-11+,21-6-. The van der Waals surface area contributed by atoms with Crippen LogP contribution in [-0.4, -0.2) is 29.0 Å². The lowest BCUT2D eigenvalue weighted by molar-refractivity contribution is -0.156. The van der Waals surface area contributed by atoms with Gasteiger partial charge in [0.2, 0.25) is 0 Å². The smallest absolute Gasteiger partial charge is 0.309 e. The van der Waals surface area contributed by atoms with E-state index in [9.17, 15) is 14.3 Å². The highest BCUT2D eigenvalue weighted by Crippen LogP contribution is 2.30. The maximum Gasteiger partial charge on any atom is 0.309 e. The molecule has 1 aromatic carbocycles. The average molecular weight is 410 g/mol. The van der Waals surface area contributed by atoms with Crippen LogP contribution in [0.25, 0.3) is 0 Å². The van der Waals surface area contributed by atoms with Crippen LogP contribution in [0.5, 0.6) is 0 Å². The van der Waals surface area contributed by atoms with Crippen LogP contribution >= 0.6 is 0 Å². The lowest BCUT2D eigenvalue weighted by Crippen LogP contribution is -2.31. The number of ether oxygens (including phenoxy) is 1. The van der Waals surface area contributed by atoms with Gasteiger partial charge in [-0.2, -0.15) is 5.10 Å². The van der Waals surface area contributed by atoms with Crippen molar-refractivity contribution in [3.63, 3.8) is 0 Å². The molecule has 6 heteroatoms.